The van der Waals surface area contributed by atoms with Crippen LogP contribution in [-0.2, 0) is 0 Å². The first-order valence-electron chi connectivity index (χ1n) is 16.2. The maximum Gasteiger partial charge on any atom is 0.518 e. The highest BCUT2D eigenvalue weighted by atomic mass is 31.0. The number of aliphatic imine (C=N–C) groups is 2. The number of para-hydroxylation sites is 1. The van der Waals surface area contributed by atoms with Gasteiger partial charge in [0.15, 0.2) is 0 Å². The number of aromatic nitrogens is 3. The average Bonchev–Trinajstić information content (AvgIpc) is 3.18. The zero-order valence-corrected chi connectivity index (χ0v) is 28.5. The van der Waals surface area contributed by atoms with Crippen LogP contribution in [0.5, 0.6) is 0 Å². The summed E-state index contributed by atoms with van der Waals surface area (Å²) < 4.78 is 2.18. The van der Waals surface area contributed by atoms with E-state index >= 15 is 0 Å². The lowest BCUT2D eigenvalue weighted by Crippen LogP contribution is -2.52. The molecule has 8 rings (SSSR count). The third-order valence-electron chi connectivity index (χ3n) is 9.17. The number of allylic oxidation sites excluding steroid dienone is 1. The summed E-state index contributed by atoms with van der Waals surface area (Å²) in [5, 5.41) is 6.13. The smallest absolute Gasteiger partial charge is 0.383 e. The van der Waals surface area contributed by atoms with Crippen molar-refractivity contribution in [3.63, 3.8) is 0 Å². The third kappa shape index (κ3) is 5.52. The number of aryl methyl sites for hydroxylation is 1. The first-order chi connectivity index (χ1) is 24.0. The summed E-state index contributed by atoms with van der Waals surface area (Å²) in [6, 6.07) is 34.1. The Morgan fingerprint density at radius 3 is 2.47 bits per heavy atom. The maximum absolute atomic E-state index is 5.19. The van der Waals surface area contributed by atoms with E-state index in [0.29, 0.717) is 0 Å². The van der Waals surface area contributed by atoms with E-state index in [0.717, 1.165) is 67.0 Å². The van der Waals surface area contributed by atoms with Crippen LogP contribution in [0.4, 0.5) is 17.2 Å². The highest BCUT2D eigenvalue weighted by Gasteiger charge is 2.29. The summed E-state index contributed by atoms with van der Waals surface area (Å²) in [6.45, 7) is 7.83. The molecule has 2 aromatic heterocycles. The van der Waals surface area contributed by atoms with Gasteiger partial charge in [0.05, 0.1) is 22.9 Å². The van der Waals surface area contributed by atoms with Gasteiger partial charge in [-0.15, -0.1) is 0 Å². The predicted molar refractivity (Wildman–Crippen MR) is 210 cm³/mol. The quantitative estimate of drug-likeness (QED) is 0.115. The van der Waals surface area contributed by atoms with Crippen LogP contribution in [0, 0.1) is 13.8 Å². The van der Waals surface area contributed by atoms with Gasteiger partial charge in [0.25, 0.3) is 0 Å². The van der Waals surface area contributed by atoms with Crippen molar-refractivity contribution in [2.24, 2.45) is 9.98 Å². The molecule has 0 amide bonds. The van der Waals surface area contributed by atoms with Crippen molar-refractivity contribution in [2.45, 2.75) is 13.8 Å². The molecule has 234 valence electrons. The number of hydrogen-bond donors (Lipinski definition) is 1. The van der Waals surface area contributed by atoms with Gasteiger partial charge in [-0.3, -0.25) is 19.4 Å². The number of pyridine rings is 1. The Labute approximate surface area is 288 Å². The predicted octanol–water partition coefficient (Wildman–Crippen LogP) is 9.46. The number of nitrogens with zero attached hydrogens (tertiary/aromatic N) is 5. The molecule has 1 aliphatic heterocycles. The van der Waals surface area contributed by atoms with Gasteiger partial charge in [0.1, 0.15) is 6.21 Å². The molecular weight excluding hydrogens is 618 g/mol. The standard InChI is InChI=1S/C41H33BN6P/c1-4-20-43-36-12-6-9-30(27(36)3)35-25-48-39(23-34(35)33-11-7-13-38-41(33)45-22-21-44-38)46-24-29-8-5-10-32-31(28-16-14-26(2)15-17-28)18-19-37(40(29)32)47-42(48)49/h4-25,47H,1,49H2,2-3H3/q+1. The second-order valence-electron chi connectivity index (χ2n) is 12.2. The minimum atomic E-state index is -0.214. The summed E-state index contributed by atoms with van der Waals surface area (Å²) in [6.07, 6.45) is 11.1. The van der Waals surface area contributed by atoms with E-state index < -0.39 is 0 Å². The molecule has 0 radical (unpaired) electrons. The SMILES string of the molecule is C=CC=Nc1cccc(-c2c[n+]3c(cc2-c2cccc4nccnc24)N=Cc2cccc4c(-c5ccc(C)cc5)ccc(c24)NB3P)c1C. The highest BCUT2D eigenvalue weighted by molar-refractivity contribution is 7.60. The molecule has 1 N–H and O–H groups in total. The Morgan fingerprint density at radius 2 is 1.61 bits per heavy atom. The highest BCUT2D eigenvalue weighted by Crippen LogP contribution is 2.41. The van der Waals surface area contributed by atoms with Gasteiger partial charge < -0.3 is 5.23 Å². The van der Waals surface area contributed by atoms with Crippen LogP contribution in [-0.4, -0.2) is 29.1 Å². The lowest BCUT2D eigenvalue weighted by molar-refractivity contribution is -0.516. The first kappa shape index (κ1) is 30.6. The lowest BCUT2D eigenvalue weighted by atomic mass is 9.90. The second-order valence-corrected chi connectivity index (χ2v) is 12.8. The topological polar surface area (TPSA) is 66.4 Å². The van der Waals surface area contributed by atoms with Crippen molar-refractivity contribution < 1.29 is 4.48 Å². The summed E-state index contributed by atoms with van der Waals surface area (Å²) in [4.78, 5) is 19.3. The molecule has 3 heterocycles. The number of benzene rings is 5. The van der Waals surface area contributed by atoms with Gasteiger partial charge >= 0.3 is 12.5 Å². The van der Waals surface area contributed by atoms with Gasteiger partial charge in [0, 0.05) is 58.0 Å². The molecule has 0 saturated heterocycles. The molecule has 8 heteroatoms. The fourth-order valence-electron chi connectivity index (χ4n) is 6.73. The van der Waals surface area contributed by atoms with Crippen molar-refractivity contribution in [1.29, 1.82) is 0 Å². The molecule has 7 aromatic rings. The van der Waals surface area contributed by atoms with Gasteiger partial charge in [-0.25, -0.2) is 0 Å². The van der Waals surface area contributed by atoms with Crippen molar-refractivity contribution >= 4 is 67.2 Å². The van der Waals surface area contributed by atoms with Crippen LogP contribution in [0.25, 0.3) is 55.2 Å². The molecule has 49 heavy (non-hydrogen) atoms. The zero-order valence-electron chi connectivity index (χ0n) is 27.3. The molecule has 0 fully saturated rings. The Kier molecular flexibility index (Phi) is 7.91. The van der Waals surface area contributed by atoms with Crippen molar-refractivity contribution in [3.05, 3.63) is 145 Å². The minimum absolute atomic E-state index is 0.214. The largest absolute Gasteiger partial charge is 0.518 e. The lowest BCUT2D eigenvalue weighted by Gasteiger charge is -2.18. The molecule has 6 nitrogen and oxygen atoms in total. The normalized spacial score (nSPS) is 12.4. The Bertz CT molecular complexity index is 2480. The Hall–Kier alpha value is -5.78. The molecule has 0 spiro atoms. The number of hydrogen-bond acceptors (Lipinski definition) is 5. The first-order valence-corrected chi connectivity index (χ1v) is 16.9. The number of anilines is 1. The van der Waals surface area contributed by atoms with Crippen LogP contribution in [0.15, 0.2) is 138 Å². The molecule has 1 aliphatic rings. The Balaban J connectivity index is 1.37. The third-order valence-corrected chi connectivity index (χ3v) is 9.66. The zero-order chi connectivity index (χ0) is 33.5. The van der Waals surface area contributed by atoms with Crippen LogP contribution in [0.2, 0.25) is 0 Å². The average molecular weight is 652 g/mol. The fourth-order valence-corrected chi connectivity index (χ4v) is 7.15. The number of rotatable bonds is 5. The molecule has 0 saturated carbocycles. The summed E-state index contributed by atoms with van der Waals surface area (Å²) in [5.41, 5.74) is 13.4. The van der Waals surface area contributed by atoms with Gasteiger partial charge in [0.2, 0.25) is 0 Å². The summed E-state index contributed by atoms with van der Waals surface area (Å²) in [7, 11) is 2.99. The van der Waals surface area contributed by atoms with E-state index in [1.807, 2.05) is 24.4 Å². The van der Waals surface area contributed by atoms with E-state index in [1.54, 1.807) is 24.7 Å². The van der Waals surface area contributed by atoms with Crippen molar-refractivity contribution in [2.75, 3.05) is 5.23 Å². The summed E-state index contributed by atoms with van der Waals surface area (Å²) in [5.74, 6) is 0.800. The number of nitrogens with one attached hydrogen (secondary N) is 1. The molecule has 5 aromatic carbocycles. The van der Waals surface area contributed by atoms with E-state index in [-0.39, 0.29) is 6.70 Å². The van der Waals surface area contributed by atoms with Crippen molar-refractivity contribution in [1.82, 2.24) is 9.97 Å². The van der Waals surface area contributed by atoms with Gasteiger partial charge in [-0.05, 0) is 59.7 Å². The molecular formula is C41H33BN6P+. The van der Waals surface area contributed by atoms with Crippen LogP contribution in [0.1, 0.15) is 16.7 Å². The van der Waals surface area contributed by atoms with E-state index in [9.17, 15) is 0 Å². The van der Waals surface area contributed by atoms with Gasteiger partial charge in [-0.1, -0.05) is 105 Å². The van der Waals surface area contributed by atoms with E-state index in [1.165, 1.54) is 22.1 Å². The number of fused-ring (bicyclic) bond motifs is 2. The van der Waals surface area contributed by atoms with E-state index in [4.69, 9.17) is 9.98 Å². The minimum Gasteiger partial charge on any atom is -0.383 e. The van der Waals surface area contributed by atoms with Crippen molar-refractivity contribution in [3.8, 4) is 33.4 Å². The molecule has 1 atom stereocenters. The monoisotopic (exact) mass is 651 g/mol. The summed E-state index contributed by atoms with van der Waals surface area (Å²) >= 11 is 0. The van der Waals surface area contributed by atoms with E-state index in [2.05, 4.69) is 134 Å². The molecule has 0 aliphatic carbocycles. The fraction of sp³-hybridized carbons (Fsp3) is 0.0488. The maximum atomic E-state index is 5.19. The Morgan fingerprint density at radius 1 is 0.816 bits per heavy atom. The van der Waals surface area contributed by atoms with Crippen LogP contribution < -0.4 is 9.71 Å². The molecule has 1 unspecified atom stereocenters. The second kappa shape index (κ2) is 12.7. The van der Waals surface area contributed by atoms with Crippen LogP contribution in [0.3, 0.4) is 0 Å². The van der Waals surface area contributed by atoms with Gasteiger partial charge in [-0.2, -0.15) is 0 Å². The van der Waals surface area contributed by atoms with Crippen LogP contribution >= 0.6 is 9.12 Å². The molecule has 0 bridgehead atoms.